The molecule has 0 aromatic rings. The maximum Gasteiger partial charge on any atom is 0.0464 e. The van der Waals surface area contributed by atoms with Crippen molar-refractivity contribution in [2.24, 2.45) is 17.3 Å². The summed E-state index contributed by atoms with van der Waals surface area (Å²) in [5.74, 6) is 0.777. The third-order valence-electron chi connectivity index (χ3n) is 3.41. The van der Waals surface area contributed by atoms with Crippen LogP contribution in [0.15, 0.2) is 0 Å². The summed E-state index contributed by atoms with van der Waals surface area (Å²) >= 11 is 0. The van der Waals surface area contributed by atoms with Crippen LogP contribution in [0.2, 0.25) is 0 Å². The van der Waals surface area contributed by atoms with E-state index in [-0.39, 0.29) is 18.6 Å². The van der Waals surface area contributed by atoms with Gasteiger partial charge >= 0.3 is 0 Å². The minimum absolute atomic E-state index is 0.128. The van der Waals surface area contributed by atoms with Crippen LogP contribution in [-0.4, -0.2) is 23.4 Å². The van der Waals surface area contributed by atoms with Crippen LogP contribution in [0.4, 0.5) is 0 Å². The van der Waals surface area contributed by atoms with Crippen molar-refractivity contribution < 1.29 is 10.2 Å². The van der Waals surface area contributed by atoms with Crippen LogP contribution in [0.25, 0.3) is 0 Å². The number of aliphatic hydroxyl groups is 2. The molecule has 66 valence electrons. The molecule has 0 bridgehead atoms. The highest BCUT2D eigenvalue weighted by Gasteiger charge is 2.41. The number of aliphatic hydroxyl groups excluding tert-OH is 2. The van der Waals surface area contributed by atoms with Crippen molar-refractivity contribution in [1.82, 2.24) is 0 Å². The molecular weight excluding hydrogens is 140 g/mol. The van der Waals surface area contributed by atoms with Crippen molar-refractivity contribution in [2.45, 2.75) is 26.7 Å². The van der Waals surface area contributed by atoms with Gasteiger partial charge in [-0.15, -0.1) is 0 Å². The van der Waals surface area contributed by atoms with Crippen LogP contribution in [0, 0.1) is 17.3 Å². The molecule has 0 amide bonds. The second-order valence-corrected chi connectivity index (χ2v) is 4.16. The summed E-state index contributed by atoms with van der Waals surface area (Å²) < 4.78 is 0. The van der Waals surface area contributed by atoms with Gasteiger partial charge in [-0.25, -0.2) is 0 Å². The topological polar surface area (TPSA) is 40.5 Å². The molecule has 2 atom stereocenters. The largest absolute Gasteiger partial charge is 0.396 e. The summed E-state index contributed by atoms with van der Waals surface area (Å²) in [6, 6.07) is 0. The number of hydrogen-bond donors (Lipinski definition) is 2. The summed E-state index contributed by atoms with van der Waals surface area (Å²) in [5, 5.41) is 18.1. The molecule has 0 aromatic carbocycles. The third kappa shape index (κ3) is 1.42. The molecule has 0 radical (unpaired) electrons. The second-order valence-electron chi connectivity index (χ2n) is 4.16. The minimum atomic E-state index is 0.128. The van der Waals surface area contributed by atoms with Crippen molar-refractivity contribution in [1.29, 1.82) is 0 Å². The molecule has 0 heterocycles. The third-order valence-corrected chi connectivity index (χ3v) is 3.41. The lowest BCUT2D eigenvalue weighted by Crippen LogP contribution is -2.29. The van der Waals surface area contributed by atoms with E-state index in [9.17, 15) is 0 Å². The molecule has 1 fully saturated rings. The van der Waals surface area contributed by atoms with Gasteiger partial charge in [-0.1, -0.05) is 13.8 Å². The van der Waals surface area contributed by atoms with Gasteiger partial charge in [0.1, 0.15) is 0 Å². The Hall–Kier alpha value is -0.0800. The molecular formula is C9H18O2. The monoisotopic (exact) mass is 158 g/mol. The predicted octanol–water partition coefficient (Wildman–Crippen LogP) is 1.02. The van der Waals surface area contributed by atoms with Crippen molar-refractivity contribution in [3.8, 4) is 0 Å². The fraction of sp³-hybridized carbons (Fsp3) is 1.00. The molecule has 0 aliphatic heterocycles. The van der Waals surface area contributed by atoms with Gasteiger partial charge in [-0.2, -0.15) is 0 Å². The van der Waals surface area contributed by atoms with Gasteiger partial charge in [-0.3, -0.25) is 0 Å². The van der Waals surface area contributed by atoms with Crippen LogP contribution >= 0.6 is 0 Å². The summed E-state index contributed by atoms with van der Waals surface area (Å²) in [6.07, 6.45) is 2.13. The highest BCUT2D eigenvalue weighted by molar-refractivity contribution is 4.91. The van der Waals surface area contributed by atoms with Crippen LogP contribution in [-0.2, 0) is 0 Å². The summed E-state index contributed by atoms with van der Waals surface area (Å²) in [5.41, 5.74) is 0.128. The SMILES string of the molecule is CC1(C)C(CO)CC[C@H]1CO. The highest BCUT2D eigenvalue weighted by atomic mass is 16.3. The molecule has 1 aliphatic rings. The highest BCUT2D eigenvalue weighted by Crippen LogP contribution is 2.46. The van der Waals surface area contributed by atoms with E-state index in [1.807, 2.05) is 0 Å². The molecule has 11 heavy (non-hydrogen) atoms. The van der Waals surface area contributed by atoms with E-state index in [1.54, 1.807) is 0 Å². The molecule has 2 nitrogen and oxygen atoms in total. The molecule has 1 saturated carbocycles. The van der Waals surface area contributed by atoms with Crippen molar-refractivity contribution >= 4 is 0 Å². The van der Waals surface area contributed by atoms with Gasteiger partial charge in [-0.05, 0) is 30.1 Å². The molecule has 1 aliphatic carbocycles. The molecule has 2 N–H and O–H groups in total. The first-order valence-electron chi connectivity index (χ1n) is 4.34. The Balaban J connectivity index is 2.64. The standard InChI is InChI=1S/C9H18O2/c1-9(2)7(5-10)3-4-8(9)6-11/h7-8,10-11H,3-6H2,1-2H3/t7-,8?/m0/s1. The summed E-state index contributed by atoms with van der Waals surface area (Å²) in [7, 11) is 0. The second kappa shape index (κ2) is 3.11. The first-order valence-corrected chi connectivity index (χ1v) is 4.34. The normalized spacial score (nSPS) is 36.0. The van der Waals surface area contributed by atoms with E-state index in [2.05, 4.69) is 13.8 Å². The van der Waals surface area contributed by atoms with E-state index >= 15 is 0 Å². The Labute approximate surface area is 68.2 Å². The Bertz CT molecular complexity index is 118. The average molecular weight is 158 g/mol. The Morgan fingerprint density at radius 1 is 1.09 bits per heavy atom. The Kier molecular flexibility index (Phi) is 2.55. The van der Waals surface area contributed by atoms with Gasteiger partial charge in [0, 0.05) is 13.2 Å². The van der Waals surface area contributed by atoms with Gasteiger partial charge in [0.2, 0.25) is 0 Å². The van der Waals surface area contributed by atoms with Gasteiger partial charge in [0.15, 0.2) is 0 Å². The fourth-order valence-corrected chi connectivity index (χ4v) is 2.13. The smallest absolute Gasteiger partial charge is 0.0464 e. The average Bonchev–Trinajstić information content (AvgIpc) is 2.24. The zero-order chi connectivity index (χ0) is 8.48. The van der Waals surface area contributed by atoms with Crippen LogP contribution < -0.4 is 0 Å². The van der Waals surface area contributed by atoms with Crippen LogP contribution in [0.1, 0.15) is 26.7 Å². The maximum atomic E-state index is 9.03. The summed E-state index contributed by atoms with van der Waals surface area (Å²) in [6.45, 7) is 4.82. The first-order chi connectivity index (χ1) is 5.12. The van der Waals surface area contributed by atoms with Crippen LogP contribution in [0.5, 0.6) is 0 Å². The molecule has 1 rings (SSSR count). The van der Waals surface area contributed by atoms with E-state index in [4.69, 9.17) is 10.2 Å². The van der Waals surface area contributed by atoms with E-state index < -0.39 is 0 Å². The van der Waals surface area contributed by atoms with Crippen molar-refractivity contribution in [3.63, 3.8) is 0 Å². The lowest BCUT2D eigenvalue weighted by atomic mass is 9.76. The molecule has 2 heteroatoms. The summed E-state index contributed by atoms with van der Waals surface area (Å²) in [4.78, 5) is 0. The number of rotatable bonds is 2. The lowest BCUT2D eigenvalue weighted by molar-refractivity contribution is 0.0811. The molecule has 1 unspecified atom stereocenters. The zero-order valence-electron chi connectivity index (χ0n) is 7.38. The van der Waals surface area contributed by atoms with Crippen LogP contribution in [0.3, 0.4) is 0 Å². The van der Waals surface area contributed by atoms with E-state index in [0.717, 1.165) is 12.8 Å². The molecule has 0 aromatic heterocycles. The number of hydrogen-bond acceptors (Lipinski definition) is 2. The Morgan fingerprint density at radius 2 is 1.45 bits per heavy atom. The first kappa shape index (κ1) is 9.01. The van der Waals surface area contributed by atoms with Gasteiger partial charge in [0.25, 0.3) is 0 Å². The van der Waals surface area contributed by atoms with Gasteiger partial charge in [0.05, 0.1) is 0 Å². The maximum absolute atomic E-state index is 9.03. The minimum Gasteiger partial charge on any atom is -0.396 e. The van der Waals surface area contributed by atoms with E-state index in [1.165, 1.54) is 0 Å². The predicted molar refractivity (Wildman–Crippen MR) is 44.2 cm³/mol. The van der Waals surface area contributed by atoms with Crippen molar-refractivity contribution in [3.05, 3.63) is 0 Å². The molecule has 0 spiro atoms. The van der Waals surface area contributed by atoms with E-state index in [0.29, 0.717) is 11.8 Å². The van der Waals surface area contributed by atoms with Crippen molar-refractivity contribution in [2.75, 3.05) is 13.2 Å². The fourth-order valence-electron chi connectivity index (χ4n) is 2.13. The molecule has 0 saturated heterocycles. The quantitative estimate of drug-likeness (QED) is 0.630. The van der Waals surface area contributed by atoms with Gasteiger partial charge < -0.3 is 10.2 Å². The lowest BCUT2D eigenvalue weighted by Gasteiger charge is -2.30. The Morgan fingerprint density at radius 3 is 1.64 bits per heavy atom. The zero-order valence-corrected chi connectivity index (χ0v) is 7.38.